The van der Waals surface area contributed by atoms with Crippen molar-refractivity contribution in [3.63, 3.8) is 0 Å². The third kappa shape index (κ3) is 2.52. The fourth-order valence-electron chi connectivity index (χ4n) is 2.53. The first-order valence-corrected chi connectivity index (χ1v) is 6.72. The maximum Gasteiger partial charge on any atom is 0.258 e. The molecule has 0 bridgehead atoms. The standard InChI is InChI=1S/C15H16N4O2/c1-10-12(8-18(2)17-10)15(21)19-7-11-5-3-4-6-13(11)16-14(20)9-19/h3-6,8H,7,9H2,1-2H3,(H,16,20). The molecule has 3 rings (SSSR count). The number of carbonyl (C=O) groups excluding carboxylic acids is 2. The van der Waals surface area contributed by atoms with Crippen molar-refractivity contribution in [3.8, 4) is 0 Å². The Morgan fingerprint density at radius 1 is 1.29 bits per heavy atom. The summed E-state index contributed by atoms with van der Waals surface area (Å²) in [5, 5.41) is 7.01. The van der Waals surface area contributed by atoms with E-state index >= 15 is 0 Å². The summed E-state index contributed by atoms with van der Waals surface area (Å²) in [4.78, 5) is 26.1. The monoisotopic (exact) mass is 284 g/mol. The van der Waals surface area contributed by atoms with Crippen LogP contribution in [0.2, 0.25) is 0 Å². The number of hydrogen-bond donors (Lipinski definition) is 1. The highest BCUT2D eigenvalue weighted by atomic mass is 16.2. The van der Waals surface area contributed by atoms with Gasteiger partial charge in [0.25, 0.3) is 5.91 Å². The van der Waals surface area contributed by atoms with Crippen LogP contribution in [0.25, 0.3) is 0 Å². The van der Waals surface area contributed by atoms with Gasteiger partial charge in [0, 0.05) is 25.5 Å². The smallest absolute Gasteiger partial charge is 0.258 e. The van der Waals surface area contributed by atoms with Gasteiger partial charge in [0.1, 0.15) is 6.54 Å². The van der Waals surface area contributed by atoms with Crippen LogP contribution in [0.5, 0.6) is 0 Å². The maximum absolute atomic E-state index is 12.6. The predicted molar refractivity (Wildman–Crippen MR) is 77.8 cm³/mol. The van der Waals surface area contributed by atoms with E-state index in [0.717, 1.165) is 11.3 Å². The van der Waals surface area contributed by atoms with Gasteiger partial charge in [0.2, 0.25) is 5.91 Å². The van der Waals surface area contributed by atoms with Gasteiger partial charge in [0.05, 0.1) is 11.3 Å². The van der Waals surface area contributed by atoms with Crippen LogP contribution in [-0.4, -0.2) is 33.0 Å². The summed E-state index contributed by atoms with van der Waals surface area (Å²) in [6.07, 6.45) is 1.69. The molecule has 1 aromatic heterocycles. The maximum atomic E-state index is 12.6. The molecule has 1 aliphatic rings. The van der Waals surface area contributed by atoms with Gasteiger partial charge in [-0.3, -0.25) is 14.3 Å². The number of para-hydroxylation sites is 1. The Balaban J connectivity index is 1.94. The molecule has 1 N–H and O–H groups in total. The highest BCUT2D eigenvalue weighted by molar-refractivity contribution is 6.01. The van der Waals surface area contributed by atoms with Gasteiger partial charge < -0.3 is 10.2 Å². The number of anilines is 1. The van der Waals surface area contributed by atoms with Crippen LogP contribution in [-0.2, 0) is 18.4 Å². The van der Waals surface area contributed by atoms with Crippen molar-refractivity contribution < 1.29 is 9.59 Å². The van der Waals surface area contributed by atoms with E-state index in [1.54, 1.807) is 29.7 Å². The predicted octanol–water partition coefficient (Wildman–Crippen LogP) is 1.32. The number of rotatable bonds is 1. The number of benzene rings is 1. The second-order valence-electron chi connectivity index (χ2n) is 5.17. The van der Waals surface area contributed by atoms with Crippen molar-refractivity contribution in [2.75, 3.05) is 11.9 Å². The Labute approximate surface area is 122 Å². The quantitative estimate of drug-likeness (QED) is 0.859. The lowest BCUT2D eigenvalue weighted by atomic mass is 10.1. The molecule has 0 aliphatic carbocycles. The average Bonchev–Trinajstić information content (AvgIpc) is 2.68. The van der Waals surface area contributed by atoms with Crippen LogP contribution in [0.15, 0.2) is 30.5 Å². The summed E-state index contributed by atoms with van der Waals surface area (Å²) in [6.45, 7) is 2.24. The molecule has 0 atom stereocenters. The molecule has 108 valence electrons. The molecule has 0 saturated heterocycles. The summed E-state index contributed by atoms with van der Waals surface area (Å²) < 4.78 is 1.61. The lowest BCUT2D eigenvalue weighted by molar-refractivity contribution is -0.116. The molecule has 0 spiro atoms. The molecular formula is C15H16N4O2. The zero-order valence-electron chi connectivity index (χ0n) is 12.0. The minimum atomic E-state index is -0.185. The van der Waals surface area contributed by atoms with Gasteiger partial charge in [-0.2, -0.15) is 5.10 Å². The van der Waals surface area contributed by atoms with Gasteiger partial charge in [0.15, 0.2) is 0 Å². The number of aryl methyl sites for hydroxylation is 2. The number of hydrogen-bond acceptors (Lipinski definition) is 3. The zero-order chi connectivity index (χ0) is 15.0. The molecule has 2 aromatic rings. The van der Waals surface area contributed by atoms with Gasteiger partial charge in [-0.1, -0.05) is 18.2 Å². The van der Waals surface area contributed by atoms with E-state index in [4.69, 9.17) is 0 Å². The summed E-state index contributed by atoms with van der Waals surface area (Å²) >= 11 is 0. The van der Waals surface area contributed by atoms with E-state index in [9.17, 15) is 9.59 Å². The number of nitrogens with zero attached hydrogens (tertiary/aromatic N) is 3. The lowest BCUT2D eigenvalue weighted by Gasteiger charge is -2.19. The van der Waals surface area contributed by atoms with Crippen molar-refractivity contribution in [2.24, 2.45) is 7.05 Å². The zero-order valence-corrected chi connectivity index (χ0v) is 12.0. The van der Waals surface area contributed by atoms with Gasteiger partial charge in [-0.05, 0) is 18.6 Å². The second kappa shape index (κ2) is 5.05. The molecular weight excluding hydrogens is 268 g/mol. The molecule has 21 heavy (non-hydrogen) atoms. The van der Waals surface area contributed by atoms with E-state index in [1.165, 1.54) is 0 Å². The fraction of sp³-hybridized carbons (Fsp3) is 0.267. The molecule has 0 unspecified atom stereocenters. The largest absolute Gasteiger partial charge is 0.325 e. The number of carbonyl (C=O) groups is 2. The Morgan fingerprint density at radius 2 is 2.05 bits per heavy atom. The first-order valence-electron chi connectivity index (χ1n) is 6.72. The summed E-state index contributed by atoms with van der Waals surface area (Å²) in [6, 6.07) is 7.52. The third-order valence-corrected chi connectivity index (χ3v) is 3.52. The number of fused-ring (bicyclic) bond motifs is 1. The van der Waals surface area contributed by atoms with E-state index in [0.29, 0.717) is 17.8 Å². The molecule has 0 saturated carbocycles. The minimum absolute atomic E-state index is 0.0435. The topological polar surface area (TPSA) is 67.2 Å². The van der Waals surface area contributed by atoms with Crippen molar-refractivity contribution in [1.29, 1.82) is 0 Å². The van der Waals surface area contributed by atoms with Gasteiger partial charge >= 0.3 is 0 Å². The molecule has 1 aliphatic heterocycles. The van der Waals surface area contributed by atoms with E-state index in [1.807, 2.05) is 24.3 Å². The third-order valence-electron chi connectivity index (χ3n) is 3.52. The van der Waals surface area contributed by atoms with Crippen molar-refractivity contribution in [3.05, 3.63) is 47.3 Å². The van der Waals surface area contributed by atoms with E-state index < -0.39 is 0 Å². The Morgan fingerprint density at radius 3 is 2.76 bits per heavy atom. The fourth-order valence-corrected chi connectivity index (χ4v) is 2.53. The number of aromatic nitrogens is 2. The number of nitrogens with one attached hydrogen (secondary N) is 1. The van der Waals surface area contributed by atoms with Gasteiger partial charge in [-0.25, -0.2) is 0 Å². The van der Waals surface area contributed by atoms with Crippen LogP contribution in [0, 0.1) is 6.92 Å². The molecule has 2 heterocycles. The molecule has 0 fully saturated rings. The van der Waals surface area contributed by atoms with Crippen LogP contribution in [0.1, 0.15) is 21.6 Å². The van der Waals surface area contributed by atoms with Crippen LogP contribution < -0.4 is 5.32 Å². The molecule has 6 nitrogen and oxygen atoms in total. The van der Waals surface area contributed by atoms with Crippen molar-refractivity contribution in [2.45, 2.75) is 13.5 Å². The normalized spacial score (nSPS) is 14.4. The molecule has 2 amide bonds. The SMILES string of the molecule is Cc1nn(C)cc1C(=O)N1CC(=O)Nc2ccccc2C1. The van der Waals surface area contributed by atoms with Crippen LogP contribution in [0.4, 0.5) is 5.69 Å². The Kier molecular flexibility index (Phi) is 3.21. The second-order valence-corrected chi connectivity index (χ2v) is 5.17. The van der Waals surface area contributed by atoms with Crippen LogP contribution >= 0.6 is 0 Å². The molecule has 6 heteroatoms. The van der Waals surface area contributed by atoms with Crippen molar-refractivity contribution >= 4 is 17.5 Å². The summed E-state index contributed by atoms with van der Waals surface area (Å²) in [7, 11) is 1.77. The first-order chi connectivity index (χ1) is 10.0. The highest BCUT2D eigenvalue weighted by Gasteiger charge is 2.25. The number of amides is 2. The summed E-state index contributed by atoms with van der Waals surface area (Å²) in [5.41, 5.74) is 2.89. The minimum Gasteiger partial charge on any atom is -0.325 e. The van der Waals surface area contributed by atoms with E-state index in [-0.39, 0.29) is 18.4 Å². The van der Waals surface area contributed by atoms with E-state index in [2.05, 4.69) is 10.4 Å². The molecule has 1 aromatic carbocycles. The highest BCUT2D eigenvalue weighted by Crippen LogP contribution is 2.21. The van der Waals surface area contributed by atoms with Gasteiger partial charge in [-0.15, -0.1) is 0 Å². The van der Waals surface area contributed by atoms with Crippen LogP contribution in [0.3, 0.4) is 0 Å². The average molecular weight is 284 g/mol. The first kappa shape index (κ1) is 13.4. The lowest BCUT2D eigenvalue weighted by Crippen LogP contribution is -2.35. The summed E-state index contributed by atoms with van der Waals surface area (Å²) in [5.74, 6) is -0.359. The van der Waals surface area contributed by atoms with Crippen molar-refractivity contribution in [1.82, 2.24) is 14.7 Å². The Bertz CT molecular complexity index is 720. The molecule has 0 radical (unpaired) electrons. The Hall–Kier alpha value is -2.63.